The van der Waals surface area contributed by atoms with E-state index in [0.717, 1.165) is 15.8 Å². The van der Waals surface area contributed by atoms with E-state index in [1.807, 2.05) is 32.2 Å². The van der Waals surface area contributed by atoms with Gasteiger partial charge in [0.2, 0.25) is 11.8 Å². The van der Waals surface area contributed by atoms with Gasteiger partial charge in [0.15, 0.2) is 0 Å². The summed E-state index contributed by atoms with van der Waals surface area (Å²) in [6.45, 7) is 6.47. The second-order valence-corrected chi connectivity index (χ2v) is 7.64. The van der Waals surface area contributed by atoms with E-state index in [4.69, 9.17) is 0 Å². The summed E-state index contributed by atoms with van der Waals surface area (Å²) >= 11 is 5.04. The van der Waals surface area contributed by atoms with Crippen LogP contribution in [0.2, 0.25) is 0 Å². The van der Waals surface area contributed by atoms with Crippen LogP contribution in [0.25, 0.3) is 0 Å². The van der Waals surface area contributed by atoms with Crippen LogP contribution in [0.4, 0.5) is 0 Å². The highest BCUT2D eigenvalue weighted by atomic mass is 79.9. The number of nitrogens with one attached hydrogen (secondary N) is 1. The van der Waals surface area contributed by atoms with Crippen molar-refractivity contribution in [1.29, 1.82) is 0 Å². The number of hydrogen-bond donors (Lipinski definition) is 1. The molecule has 116 valence electrons. The molecule has 4 nitrogen and oxygen atoms in total. The van der Waals surface area contributed by atoms with Crippen molar-refractivity contribution in [2.24, 2.45) is 5.92 Å². The normalized spacial score (nSPS) is 22.8. The quantitative estimate of drug-likeness (QED) is 0.862. The molecule has 0 bridgehead atoms. The molecule has 2 atom stereocenters. The van der Waals surface area contributed by atoms with E-state index in [9.17, 15) is 9.59 Å². The van der Waals surface area contributed by atoms with E-state index >= 15 is 0 Å². The second-order valence-electron chi connectivity index (χ2n) is 5.73. The lowest BCUT2D eigenvalue weighted by atomic mass is 9.96. The van der Waals surface area contributed by atoms with Crippen LogP contribution in [0.1, 0.15) is 38.5 Å². The summed E-state index contributed by atoms with van der Waals surface area (Å²) < 4.78 is 1.02. The van der Waals surface area contributed by atoms with Gasteiger partial charge in [0.25, 0.3) is 0 Å². The van der Waals surface area contributed by atoms with Gasteiger partial charge in [-0.05, 0) is 34.3 Å². The number of nitrogens with zero attached hydrogens (tertiary/aromatic N) is 1. The third kappa shape index (κ3) is 3.66. The maximum atomic E-state index is 12.7. The van der Waals surface area contributed by atoms with Gasteiger partial charge in [-0.1, -0.05) is 27.2 Å². The van der Waals surface area contributed by atoms with Crippen molar-refractivity contribution in [2.75, 3.05) is 0 Å². The Morgan fingerprint density at radius 1 is 1.43 bits per heavy atom. The summed E-state index contributed by atoms with van der Waals surface area (Å²) in [6, 6.07) is 1.25. The number of carbonyl (C=O) groups is 2. The highest BCUT2D eigenvalue weighted by molar-refractivity contribution is 9.10. The highest BCUT2D eigenvalue weighted by Gasteiger charge is 2.41. The standard InChI is InChI=1S/C15H21BrN2O2S/c1-4-5-12-14(19)17-13(9(2)3)15(20)18(12)7-11-6-10(16)8-21-11/h6,8-9,12-13H,4-5,7H2,1-3H3,(H,17,19). The molecule has 0 aromatic carbocycles. The number of piperazine rings is 1. The van der Waals surface area contributed by atoms with Gasteiger partial charge in [-0.2, -0.15) is 0 Å². The van der Waals surface area contributed by atoms with Gasteiger partial charge in [-0.15, -0.1) is 11.3 Å². The molecule has 1 N–H and O–H groups in total. The average Bonchev–Trinajstić information content (AvgIpc) is 2.83. The number of hydrogen-bond acceptors (Lipinski definition) is 3. The predicted molar refractivity (Wildman–Crippen MR) is 88.0 cm³/mol. The van der Waals surface area contributed by atoms with Gasteiger partial charge in [0.05, 0.1) is 6.54 Å². The summed E-state index contributed by atoms with van der Waals surface area (Å²) in [4.78, 5) is 27.9. The third-order valence-corrected chi connectivity index (χ3v) is 5.38. The topological polar surface area (TPSA) is 49.4 Å². The Morgan fingerprint density at radius 2 is 2.14 bits per heavy atom. The maximum absolute atomic E-state index is 12.7. The molecule has 0 radical (unpaired) electrons. The Labute approximate surface area is 138 Å². The van der Waals surface area contributed by atoms with Gasteiger partial charge in [-0.3, -0.25) is 9.59 Å². The van der Waals surface area contributed by atoms with Crippen molar-refractivity contribution in [2.45, 2.75) is 52.2 Å². The van der Waals surface area contributed by atoms with Crippen molar-refractivity contribution in [1.82, 2.24) is 10.2 Å². The number of carbonyl (C=O) groups excluding carboxylic acids is 2. The monoisotopic (exact) mass is 372 g/mol. The summed E-state index contributed by atoms with van der Waals surface area (Å²) in [5.41, 5.74) is 0. The molecule has 2 rings (SSSR count). The first-order chi connectivity index (χ1) is 9.93. The summed E-state index contributed by atoms with van der Waals surface area (Å²) in [5.74, 6) is 0.111. The van der Waals surface area contributed by atoms with Gasteiger partial charge in [0.1, 0.15) is 12.1 Å². The van der Waals surface area contributed by atoms with Crippen molar-refractivity contribution >= 4 is 39.1 Å². The smallest absolute Gasteiger partial charge is 0.246 e. The molecular formula is C15H21BrN2O2S. The predicted octanol–water partition coefficient (Wildman–Crippen LogP) is 3.16. The van der Waals surface area contributed by atoms with Gasteiger partial charge in [0, 0.05) is 14.7 Å². The van der Waals surface area contributed by atoms with Crippen molar-refractivity contribution in [3.8, 4) is 0 Å². The number of halogens is 1. The Balaban J connectivity index is 2.25. The minimum Gasteiger partial charge on any atom is -0.342 e. The number of thiophene rings is 1. The largest absolute Gasteiger partial charge is 0.342 e. The molecular weight excluding hydrogens is 352 g/mol. The molecule has 1 fully saturated rings. The maximum Gasteiger partial charge on any atom is 0.246 e. The lowest BCUT2D eigenvalue weighted by Crippen LogP contribution is -2.64. The second kappa shape index (κ2) is 6.92. The molecule has 1 aliphatic rings. The fourth-order valence-electron chi connectivity index (χ4n) is 2.59. The molecule has 0 aliphatic carbocycles. The van der Waals surface area contributed by atoms with E-state index in [1.54, 1.807) is 16.2 Å². The molecule has 1 aromatic heterocycles. The molecule has 1 aromatic rings. The highest BCUT2D eigenvalue weighted by Crippen LogP contribution is 2.25. The minimum absolute atomic E-state index is 0.0224. The van der Waals surface area contributed by atoms with Crippen molar-refractivity contribution in [3.05, 3.63) is 20.8 Å². The average molecular weight is 373 g/mol. The Bertz CT molecular complexity index is 529. The molecule has 0 saturated carbocycles. The van der Waals surface area contributed by atoms with Gasteiger partial charge in [-0.25, -0.2) is 0 Å². The molecule has 2 amide bonds. The zero-order valence-electron chi connectivity index (χ0n) is 12.6. The van der Waals surface area contributed by atoms with Crippen LogP contribution in [0.5, 0.6) is 0 Å². The van der Waals surface area contributed by atoms with Crippen LogP contribution in [0.15, 0.2) is 15.9 Å². The lowest BCUT2D eigenvalue weighted by Gasteiger charge is -2.40. The Kier molecular flexibility index (Phi) is 5.43. The first-order valence-electron chi connectivity index (χ1n) is 7.27. The van der Waals surface area contributed by atoms with E-state index < -0.39 is 6.04 Å². The number of rotatable bonds is 5. The van der Waals surface area contributed by atoms with E-state index in [1.165, 1.54) is 0 Å². The van der Waals surface area contributed by atoms with Crippen molar-refractivity contribution < 1.29 is 9.59 Å². The lowest BCUT2D eigenvalue weighted by molar-refractivity contribution is -0.151. The van der Waals surface area contributed by atoms with E-state index in [2.05, 4.69) is 21.2 Å². The first kappa shape index (κ1) is 16.5. The van der Waals surface area contributed by atoms with E-state index in [0.29, 0.717) is 13.0 Å². The first-order valence-corrected chi connectivity index (χ1v) is 8.95. The van der Waals surface area contributed by atoms with Crippen LogP contribution in [-0.2, 0) is 16.1 Å². The molecule has 21 heavy (non-hydrogen) atoms. The molecule has 0 spiro atoms. The fourth-order valence-corrected chi connectivity index (χ4v) is 4.04. The van der Waals surface area contributed by atoms with Crippen molar-refractivity contribution in [3.63, 3.8) is 0 Å². The molecule has 1 saturated heterocycles. The van der Waals surface area contributed by atoms with Crippen LogP contribution in [0.3, 0.4) is 0 Å². The molecule has 6 heteroatoms. The van der Waals surface area contributed by atoms with Gasteiger partial charge >= 0.3 is 0 Å². The zero-order valence-corrected chi connectivity index (χ0v) is 15.0. The summed E-state index contributed by atoms with van der Waals surface area (Å²) in [6.07, 6.45) is 1.58. The molecule has 1 aliphatic heterocycles. The summed E-state index contributed by atoms with van der Waals surface area (Å²) in [7, 11) is 0. The Hall–Kier alpha value is -0.880. The third-order valence-electron chi connectivity index (χ3n) is 3.70. The zero-order chi connectivity index (χ0) is 15.6. The minimum atomic E-state index is -0.408. The van der Waals surface area contributed by atoms with E-state index in [-0.39, 0.29) is 23.8 Å². The van der Waals surface area contributed by atoms with Crippen LogP contribution in [0, 0.1) is 5.92 Å². The molecule has 2 heterocycles. The van der Waals surface area contributed by atoms with Crippen LogP contribution < -0.4 is 5.32 Å². The van der Waals surface area contributed by atoms with Crippen LogP contribution in [-0.4, -0.2) is 28.8 Å². The number of amides is 2. The van der Waals surface area contributed by atoms with Gasteiger partial charge < -0.3 is 10.2 Å². The summed E-state index contributed by atoms with van der Waals surface area (Å²) in [5, 5.41) is 4.88. The fraction of sp³-hybridized carbons (Fsp3) is 0.600. The van der Waals surface area contributed by atoms with Crippen LogP contribution >= 0.6 is 27.3 Å². The molecule has 2 unspecified atom stereocenters. The Morgan fingerprint density at radius 3 is 2.67 bits per heavy atom. The SMILES string of the molecule is CCCC1C(=O)NC(C(C)C)C(=O)N1Cc1cc(Br)cs1.